The molecule has 0 bridgehead atoms. The first-order valence-electron chi connectivity index (χ1n) is 13.4. The summed E-state index contributed by atoms with van der Waals surface area (Å²) in [7, 11) is 0. The molecular formula is C26H54N4O2. The van der Waals surface area contributed by atoms with Gasteiger partial charge in [0.25, 0.3) is 0 Å². The third kappa shape index (κ3) is 14.1. The standard InChI is InChI=1S/C20H38N4O2.C4H10.C2H6/c1-2-7-17(14-22-15-19(21)25)24-13-11-18(20(24)26)23-12-6-10-16-8-4-3-5-9-16;1-4(2)3;1-2/h16-18,22-23H,2-15H2,1H3,(H2,21,25);4H,1-3H3;1-2H3/t17-,18+;;/m0../s1. The number of nitrogens with two attached hydrogens (primary N) is 1. The molecule has 2 fully saturated rings. The van der Waals surface area contributed by atoms with Gasteiger partial charge in [0.05, 0.1) is 12.6 Å². The topological polar surface area (TPSA) is 87.5 Å². The predicted molar refractivity (Wildman–Crippen MR) is 137 cm³/mol. The second-order valence-electron chi connectivity index (χ2n) is 9.75. The molecule has 0 aromatic heterocycles. The molecule has 0 spiro atoms. The van der Waals surface area contributed by atoms with Gasteiger partial charge in [0.15, 0.2) is 0 Å². The molecule has 0 unspecified atom stereocenters. The van der Waals surface area contributed by atoms with Gasteiger partial charge in [-0.25, -0.2) is 0 Å². The van der Waals surface area contributed by atoms with Gasteiger partial charge < -0.3 is 21.3 Å². The van der Waals surface area contributed by atoms with Gasteiger partial charge in [-0.2, -0.15) is 0 Å². The van der Waals surface area contributed by atoms with Crippen LogP contribution in [0.1, 0.15) is 106 Å². The van der Waals surface area contributed by atoms with Crippen LogP contribution in [0.2, 0.25) is 0 Å². The number of carbonyl (C=O) groups excluding carboxylic acids is 2. The number of carbonyl (C=O) groups is 2. The molecule has 32 heavy (non-hydrogen) atoms. The van der Waals surface area contributed by atoms with Crippen LogP contribution in [0.25, 0.3) is 0 Å². The maximum absolute atomic E-state index is 12.8. The van der Waals surface area contributed by atoms with Gasteiger partial charge in [-0.1, -0.05) is 80.1 Å². The van der Waals surface area contributed by atoms with E-state index in [1.165, 1.54) is 44.9 Å². The highest BCUT2D eigenvalue weighted by Crippen LogP contribution is 2.27. The molecule has 190 valence electrons. The molecule has 2 rings (SSSR count). The lowest BCUT2D eigenvalue weighted by Crippen LogP contribution is -2.47. The highest BCUT2D eigenvalue weighted by atomic mass is 16.2. The van der Waals surface area contributed by atoms with E-state index < -0.39 is 0 Å². The molecule has 2 aliphatic rings. The summed E-state index contributed by atoms with van der Waals surface area (Å²) in [5, 5.41) is 6.57. The Balaban J connectivity index is 0.00000144. The van der Waals surface area contributed by atoms with Crippen LogP contribution in [0.4, 0.5) is 0 Å². The summed E-state index contributed by atoms with van der Waals surface area (Å²) in [6.07, 6.45) is 12.3. The van der Waals surface area contributed by atoms with E-state index in [9.17, 15) is 9.59 Å². The Bertz CT molecular complexity index is 476. The molecule has 4 N–H and O–H groups in total. The van der Waals surface area contributed by atoms with Crippen LogP contribution < -0.4 is 16.4 Å². The van der Waals surface area contributed by atoms with Crippen LogP contribution in [-0.2, 0) is 9.59 Å². The lowest BCUT2D eigenvalue weighted by Gasteiger charge is -2.28. The zero-order valence-electron chi connectivity index (χ0n) is 22.0. The Kier molecular flexibility index (Phi) is 18.7. The molecule has 0 radical (unpaired) electrons. The number of nitrogens with zero attached hydrogens (tertiary/aromatic N) is 1. The van der Waals surface area contributed by atoms with Gasteiger partial charge in [-0.05, 0) is 44.1 Å². The summed E-state index contributed by atoms with van der Waals surface area (Å²) in [5.41, 5.74) is 5.19. The molecule has 1 saturated heterocycles. The molecule has 6 heteroatoms. The van der Waals surface area contributed by atoms with Crippen molar-refractivity contribution in [3.05, 3.63) is 0 Å². The van der Waals surface area contributed by atoms with Crippen molar-refractivity contribution in [1.29, 1.82) is 0 Å². The molecule has 1 saturated carbocycles. The van der Waals surface area contributed by atoms with Crippen LogP contribution >= 0.6 is 0 Å². The first-order chi connectivity index (χ1) is 15.3. The van der Waals surface area contributed by atoms with Crippen molar-refractivity contribution >= 4 is 11.8 Å². The Labute approximate surface area is 198 Å². The molecule has 2 amide bonds. The summed E-state index contributed by atoms with van der Waals surface area (Å²) in [6.45, 7) is 15.2. The normalized spacial score (nSPS) is 19.8. The number of hydrogen-bond acceptors (Lipinski definition) is 4. The highest BCUT2D eigenvalue weighted by molar-refractivity contribution is 5.84. The zero-order chi connectivity index (χ0) is 24.4. The average molecular weight is 455 g/mol. The van der Waals surface area contributed by atoms with E-state index in [2.05, 4.69) is 38.3 Å². The second-order valence-corrected chi connectivity index (χ2v) is 9.75. The first-order valence-corrected chi connectivity index (χ1v) is 13.4. The number of amides is 2. The van der Waals surface area contributed by atoms with Crippen molar-refractivity contribution in [2.24, 2.45) is 17.6 Å². The van der Waals surface area contributed by atoms with Crippen LogP contribution in [0.3, 0.4) is 0 Å². The minimum atomic E-state index is -0.356. The number of likely N-dealkylation sites (tertiary alicyclic amines) is 1. The third-order valence-corrected chi connectivity index (χ3v) is 5.89. The molecule has 1 aliphatic carbocycles. The van der Waals surface area contributed by atoms with Crippen molar-refractivity contribution in [2.75, 3.05) is 26.2 Å². The fourth-order valence-electron chi connectivity index (χ4n) is 4.46. The largest absolute Gasteiger partial charge is 0.369 e. The summed E-state index contributed by atoms with van der Waals surface area (Å²) < 4.78 is 0. The SMILES string of the molecule is CC.CC(C)C.CCC[C@@H](CNCC(N)=O)N1CC[C@@H](NCCCC2CCCCC2)C1=O. The molecule has 0 aromatic carbocycles. The number of primary amides is 1. The van der Waals surface area contributed by atoms with Crippen molar-refractivity contribution in [3.63, 3.8) is 0 Å². The Morgan fingerprint density at radius 3 is 2.31 bits per heavy atom. The van der Waals surface area contributed by atoms with E-state index in [4.69, 9.17) is 5.73 Å². The summed E-state index contributed by atoms with van der Waals surface area (Å²) in [4.78, 5) is 25.7. The van der Waals surface area contributed by atoms with Crippen molar-refractivity contribution < 1.29 is 9.59 Å². The van der Waals surface area contributed by atoms with E-state index >= 15 is 0 Å². The predicted octanol–water partition coefficient (Wildman–Crippen LogP) is 4.47. The van der Waals surface area contributed by atoms with E-state index in [0.717, 1.165) is 44.2 Å². The maximum atomic E-state index is 12.8. The Morgan fingerprint density at radius 2 is 1.75 bits per heavy atom. The van der Waals surface area contributed by atoms with E-state index in [0.29, 0.717) is 6.54 Å². The van der Waals surface area contributed by atoms with Gasteiger partial charge in [0.2, 0.25) is 11.8 Å². The van der Waals surface area contributed by atoms with Crippen LogP contribution in [0.15, 0.2) is 0 Å². The number of hydrogen-bond donors (Lipinski definition) is 3. The maximum Gasteiger partial charge on any atom is 0.240 e. The lowest BCUT2D eigenvalue weighted by molar-refractivity contribution is -0.131. The van der Waals surface area contributed by atoms with Crippen molar-refractivity contribution in [3.8, 4) is 0 Å². The molecule has 2 atom stereocenters. The first kappa shape index (κ1) is 30.9. The molecular weight excluding hydrogens is 400 g/mol. The molecule has 0 aromatic rings. The van der Waals surface area contributed by atoms with Crippen molar-refractivity contribution in [1.82, 2.24) is 15.5 Å². The van der Waals surface area contributed by atoms with Gasteiger partial charge in [-0.3, -0.25) is 9.59 Å². The molecule has 1 heterocycles. The van der Waals surface area contributed by atoms with E-state index in [-0.39, 0.29) is 30.4 Å². The monoisotopic (exact) mass is 454 g/mol. The van der Waals surface area contributed by atoms with E-state index in [1.807, 2.05) is 18.7 Å². The van der Waals surface area contributed by atoms with Crippen molar-refractivity contribution in [2.45, 2.75) is 118 Å². The summed E-state index contributed by atoms with van der Waals surface area (Å²) >= 11 is 0. The van der Waals surface area contributed by atoms with Crippen LogP contribution in [0.5, 0.6) is 0 Å². The zero-order valence-corrected chi connectivity index (χ0v) is 22.0. The van der Waals surface area contributed by atoms with E-state index in [1.54, 1.807) is 0 Å². The minimum absolute atomic E-state index is 0.0307. The van der Waals surface area contributed by atoms with Gasteiger partial charge in [0, 0.05) is 19.1 Å². The average Bonchev–Trinajstić information content (AvgIpc) is 3.12. The van der Waals surface area contributed by atoms with Gasteiger partial charge >= 0.3 is 0 Å². The Hall–Kier alpha value is -1.14. The number of nitrogens with one attached hydrogen (secondary N) is 2. The van der Waals surface area contributed by atoms with Crippen LogP contribution in [-0.4, -0.2) is 55.0 Å². The van der Waals surface area contributed by atoms with Crippen LogP contribution in [0, 0.1) is 11.8 Å². The minimum Gasteiger partial charge on any atom is -0.369 e. The third-order valence-electron chi connectivity index (χ3n) is 5.89. The smallest absolute Gasteiger partial charge is 0.240 e. The number of rotatable bonds is 12. The second kappa shape index (κ2) is 19.3. The van der Waals surface area contributed by atoms with Gasteiger partial charge in [0.1, 0.15) is 0 Å². The summed E-state index contributed by atoms with van der Waals surface area (Å²) in [5.74, 6) is 1.61. The fourth-order valence-corrected chi connectivity index (χ4v) is 4.46. The highest BCUT2D eigenvalue weighted by Gasteiger charge is 2.35. The molecule has 1 aliphatic heterocycles. The molecule has 6 nitrogen and oxygen atoms in total. The lowest BCUT2D eigenvalue weighted by atomic mass is 9.86. The quantitative estimate of drug-likeness (QED) is 0.380. The summed E-state index contributed by atoms with van der Waals surface area (Å²) in [6, 6.07) is 0.123. The Morgan fingerprint density at radius 1 is 1.12 bits per heavy atom. The fraction of sp³-hybridized carbons (Fsp3) is 0.923. The van der Waals surface area contributed by atoms with Gasteiger partial charge in [-0.15, -0.1) is 0 Å².